The number of para-hydroxylation sites is 1. The van der Waals surface area contributed by atoms with Crippen molar-refractivity contribution in [2.75, 3.05) is 11.9 Å². The summed E-state index contributed by atoms with van der Waals surface area (Å²) in [4.78, 5) is 33.2. The zero-order valence-electron chi connectivity index (χ0n) is 15.1. The average molecular weight is 420 g/mol. The van der Waals surface area contributed by atoms with Gasteiger partial charge >= 0.3 is 0 Å². The fourth-order valence-electron chi connectivity index (χ4n) is 2.23. The molecule has 0 fully saturated rings. The van der Waals surface area contributed by atoms with Crippen LogP contribution in [0.5, 0.6) is 0 Å². The van der Waals surface area contributed by atoms with Crippen LogP contribution in [0.2, 0.25) is 0 Å². The molecule has 2 aromatic carbocycles. The summed E-state index contributed by atoms with van der Waals surface area (Å²) in [6.07, 6.45) is -0.461. The molecule has 12 heteroatoms. The van der Waals surface area contributed by atoms with Gasteiger partial charge in [-0.2, -0.15) is 13.5 Å². The number of hydrogen-bond donors (Lipinski definition) is 2. The van der Waals surface area contributed by atoms with E-state index in [1.165, 1.54) is 0 Å². The van der Waals surface area contributed by atoms with E-state index in [0.717, 1.165) is 17.7 Å². The third-order valence-electron chi connectivity index (χ3n) is 3.64. The topological polar surface area (TPSA) is 168 Å². The van der Waals surface area contributed by atoms with Crippen molar-refractivity contribution < 1.29 is 27.5 Å². The lowest BCUT2D eigenvalue weighted by molar-refractivity contribution is -0.384. The number of carbonyl (C=O) groups is 2. The van der Waals surface area contributed by atoms with Gasteiger partial charge in [0.1, 0.15) is 11.4 Å². The largest absolute Gasteiger partial charge is 0.325 e. The number of anilines is 1. The lowest BCUT2D eigenvalue weighted by atomic mass is 10.2. The van der Waals surface area contributed by atoms with Crippen LogP contribution in [0, 0.1) is 17.0 Å². The summed E-state index contributed by atoms with van der Waals surface area (Å²) in [5, 5.41) is 20.7. The Labute approximate surface area is 165 Å². The van der Waals surface area contributed by atoms with Crippen LogP contribution in [0.4, 0.5) is 17.1 Å². The Bertz CT molecular complexity index is 1100. The number of rotatable bonds is 8. The second-order valence-corrected chi connectivity index (χ2v) is 7.28. The Balaban J connectivity index is 2.02. The van der Waals surface area contributed by atoms with Gasteiger partial charge in [0.2, 0.25) is 5.91 Å². The molecule has 0 aliphatic heterocycles. The molecular formula is C17H16N4O7S. The monoisotopic (exact) mass is 420 g/mol. The molecule has 2 rings (SSSR count). The summed E-state index contributed by atoms with van der Waals surface area (Å²) in [6.45, 7) is 1.30. The Kier molecular flexibility index (Phi) is 6.85. The predicted octanol–water partition coefficient (Wildman–Crippen LogP) is 2.83. The molecule has 0 atom stereocenters. The molecule has 0 aromatic heterocycles. The first-order chi connectivity index (χ1) is 13.6. The highest BCUT2D eigenvalue weighted by Crippen LogP contribution is 2.30. The van der Waals surface area contributed by atoms with Crippen molar-refractivity contribution in [1.29, 1.82) is 0 Å². The van der Waals surface area contributed by atoms with E-state index in [4.69, 9.17) is 4.55 Å². The molecule has 0 radical (unpaired) electrons. The van der Waals surface area contributed by atoms with Crippen molar-refractivity contribution in [3.05, 3.63) is 58.1 Å². The Hall–Kier alpha value is -3.51. The van der Waals surface area contributed by atoms with E-state index in [1.807, 2.05) is 0 Å². The minimum Gasteiger partial charge on any atom is -0.325 e. The number of aryl methyl sites for hydroxylation is 1. The summed E-state index contributed by atoms with van der Waals surface area (Å²) in [7, 11) is -4.63. The molecule has 0 aliphatic carbocycles. The molecule has 2 aromatic rings. The highest BCUT2D eigenvalue weighted by molar-refractivity contribution is 7.85. The van der Waals surface area contributed by atoms with Gasteiger partial charge in [-0.05, 0) is 30.7 Å². The number of ketones is 1. The van der Waals surface area contributed by atoms with Gasteiger partial charge in [-0.25, -0.2) is 0 Å². The quantitative estimate of drug-likeness (QED) is 0.217. The lowest BCUT2D eigenvalue weighted by Gasteiger charge is -2.06. The van der Waals surface area contributed by atoms with E-state index in [0.29, 0.717) is 11.8 Å². The fourth-order valence-corrected chi connectivity index (χ4v) is 2.73. The van der Waals surface area contributed by atoms with Crippen molar-refractivity contribution in [3.8, 4) is 0 Å². The summed E-state index contributed by atoms with van der Waals surface area (Å²) in [5.74, 6) is -1.11. The molecule has 0 saturated heterocycles. The van der Waals surface area contributed by atoms with E-state index in [2.05, 4.69) is 15.5 Å². The van der Waals surface area contributed by atoms with Gasteiger partial charge in [0.15, 0.2) is 11.5 Å². The van der Waals surface area contributed by atoms with Crippen LogP contribution in [0.3, 0.4) is 0 Å². The fraction of sp³-hybridized carbons (Fsp3) is 0.176. The number of nitro groups is 1. The Morgan fingerprint density at radius 1 is 1.21 bits per heavy atom. The number of nitrogens with one attached hydrogen (secondary N) is 1. The van der Waals surface area contributed by atoms with Crippen LogP contribution in [0.1, 0.15) is 12.0 Å². The molecule has 0 saturated carbocycles. The molecule has 0 bridgehead atoms. The molecular weight excluding hydrogens is 404 g/mol. The second-order valence-electron chi connectivity index (χ2n) is 5.86. The van der Waals surface area contributed by atoms with Crippen molar-refractivity contribution in [1.82, 2.24) is 0 Å². The summed E-state index contributed by atoms with van der Waals surface area (Å²) in [6, 6.07) is 9.53. The van der Waals surface area contributed by atoms with Gasteiger partial charge in [-0.1, -0.05) is 18.2 Å². The van der Waals surface area contributed by atoms with Crippen molar-refractivity contribution in [2.45, 2.75) is 18.2 Å². The number of benzene rings is 2. The number of nitro benzene ring substituents is 1. The molecule has 11 nitrogen and oxygen atoms in total. The first-order valence-electron chi connectivity index (χ1n) is 8.08. The number of nitrogens with zero attached hydrogens (tertiary/aromatic N) is 3. The maximum atomic E-state index is 11.9. The van der Waals surface area contributed by atoms with E-state index in [1.54, 1.807) is 31.2 Å². The van der Waals surface area contributed by atoms with Gasteiger partial charge in [-0.3, -0.25) is 24.3 Å². The molecule has 2 N–H and O–H groups in total. The van der Waals surface area contributed by atoms with Crippen LogP contribution in [0.15, 0.2) is 57.6 Å². The van der Waals surface area contributed by atoms with Crippen LogP contribution in [-0.2, 0) is 19.7 Å². The normalized spacial score (nSPS) is 11.4. The molecule has 0 unspecified atom stereocenters. The maximum Gasteiger partial charge on any atom is 0.298 e. The third-order valence-corrected chi connectivity index (χ3v) is 4.49. The average Bonchev–Trinajstić information content (AvgIpc) is 2.62. The van der Waals surface area contributed by atoms with Gasteiger partial charge < -0.3 is 5.32 Å². The predicted molar refractivity (Wildman–Crippen MR) is 102 cm³/mol. The molecule has 1 amide bonds. The number of Topliss-reactive ketones (excluding diaryl/α,β-unsaturated/α-hetero) is 1. The standard InChI is InChI=1S/C17H16N4O7S/c1-11-4-2-3-5-14(11)19-17(23)8-12(22)10-18-20-15-7-6-13(29(26,27)28)9-16(15)21(24)25/h2-7,9H,8,10H2,1H3,(H,19,23)(H,26,27,28). The van der Waals surface area contributed by atoms with E-state index in [-0.39, 0.29) is 5.69 Å². The second kappa shape index (κ2) is 9.12. The highest BCUT2D eigenvalue weighted by atomic mass is 32.2. The van der Waals surface area contributed by atoms with Crippen LogP contribution in [-0.4, -0.2) is 36.1 Å². The highest BCUT2D eigenvalue weighted by Gasteiger charge is 2.20. The Morgan fingerprint density at radius 3 is 2.52 bits per heavy atom. The zero-order valence-corrected chi connectivity index (χ0v) is 15.9. The van der Waals surface area contributed by atoms with Crippen molar-refractivity contribution >= 4 is 38.9 Å². The van der Waals surface area contributed by atoms with E-state index >= 15 is 0 Å². The molecule has 0 aliphatic rings. The molecule has 29 heavy (non-hydrogen) atoms. The van der Waals surface area contributed by atoms with E-state index < -0.39 is 50.3 Å². The van der Waals surface area contributed by atoms with Crippen LogP contribution >= 0.6 is 0 Å². The van der Waals surface area contributed by atoms with Crippen molar-refractivity contribution in [3.63, 3.8) is 0 Å². The van der Waals surface area contributed by atoms with Gasteiger partial charge in [0, 0.05) is 11.8 Å². The minimum atomic E-state index is -4.63. The summed E-state index contributed by atoms with van der Waals surface area (Å²) in [5.41, 5.74) is 0.378. The zero-order chi connectivity index (χ0) is 21.6. The summed E-state index contributed by atoms with van der Waals surface area (Å²) >= 11 is 0. The molecule has 0 heterocycles. The van der Waals surface area contributed by atoms with Crippen molar-refractivity contribution in [2.24, 2.45) is 10.2 Å². The van der Waals surface area contributed by atoms with Crippen LogP contribution < -0.4 is 5.32 Å². The first-order valence-corrected chi connectivity index (χ1v) is 9.52. The van der Waals surface area contributed by atoms with Gasteiger partial charge in [0.05, 0.1) is 11.3 Å². The number of carbonyl (C=O) groups excluding carboxylic acids is 2. The third kappa shape index (κ3) is 6.26. The number of hydrogen-bond acceptors (Lipinski definition) is 8. The first kappa shape index (κ1) is 21.8. The maximum absolute atomic E-state index is 11.9. The number of amides is 1. The lowest BCUT2D eigenvalue weighted by Crippen LogP contribution is -2.18. The number of azo groups is 1. The SMILES string of the molecule is Cc1ccccc1NC(=O)CC(=O)CN=Nc1ccc(S(=O)(=O)O)cc1[N+](=O)[O-]. The van der Waals surface area contributed by atoms with Crippen LogP contribution in [0.25, 0.3) is 0 Å². The summed E-state index contributed by atoms with van der Waals surface area (Å²) < 4.78 is 31.1. The van der Waals surface area contributed by atoms with E-state index in [9.17, 15) is 28.1 Å². The van der Waals surface area contributed by atoms with Gasteiger partial charge in [-0.15, -0.1) is 5.11 Å². The molecule has 152 valence electrons. The Morgan fingerprint density at radius 2 is 1.90 bits per heavy atom. The van der Waals surface area contributed by atoms with Gasteiger partial charge in [0.25, 0.3) is 15.8 Å². The molecule has 0 spiro atoms. The minimum absolute atomic E-state index is 0.306. The smallest absolute Gasteiger partial charge is 0.298 e.